The Balaban J connectivity index is 2.60. The summed E-state index contributed by atoms with van der Waals surface area (Å²) in [6, 6.07) is 1.57. The number of Topliss-reactive ketones (excluding diaryl/α,β-unsaturated/α-hetero) is 1. The molecule has 1 heterocycles. The zero-order valence-corrected chi connectivity index (χ0v) is 13.5. The zero-order valence-electron chi connectivity index (χ0n) is 12.6. The van der Waals surface area contributed by atoms with Crippen LogP contribution in [0.3, 0.4) is 0 Å². The van der Waals surface area contributed by atoms with E-state index >= 15 is 0 Å². The molecule has 1 atom stereocenters. The van der Waals surface area contributed by atoms with Crippen LogP contribution in [-0.2, 0) is 17.8 Å². The highest BCUT2D eigenvalue weighted by atomic mass is 32.2. The van der Waals surface area contributed by atoms with Crippen LogP contribution in [0.4, 0.5) is 0 Å². The number of rotatable bonds is 5. The van der Waals surface area contributed by atoms with Crippen LogP contribution in [0, 0.1) is 0 Å². The summed E-state index contributed by atoms with van der Waals surface area (Å²) >= 11 is 0. The van der Waals surface area contributed by atoms with Crippen LogP contribution in [-0.4, -0.2) is 37.5 Å². The van der Waals surface area contributed by atoms with Gasteiger partial charge in [0.2, 0.25) is 0 Å². The van der Waals surface area contributed by atoms with Gasteiger partial charge < -0.3 is 9.88 Å². The molecule has 112 valence electrons. The molecule has 5 nitrogen and oxygen atoms in total. The third-order valence-electron chi connectivity index (χ3n) is 2.90. The first kappa shape index (κ1) is 16.6. The molecular formula is C14H22N2O3S. The van der Waals surface area contributed by atoms with E-state index in [4.69, 9.17) is 0 Å². The van der Waals surface area contributed by atoms with Crippen molar-refractivity contribution in [3.05, 3.63) is 23.5 Å². The van der Waals surface area contributed by atoms with Gasteiger partial charge in [-0.3, -0.25) is 13.8 Å². The lowest BCUT2D eigenvalue weighted by atomic mass is 10.2. The Kier molecular flexibility index (Phi) is 5.28. The lowest BCUT2D eigenvalue weighted by Crippen LogP contribution is -2.33. The summed E-state index contributed by atoms with van der Waals surface area (Å²) in [6.45, 7) is 7.52. The van der Waals surface area contributed by atoms with E-state index in [2.05, 4.69) is 5.32 Å². The summed E-state index contributed by atoms with van der Waals surface area (Å²) in [7, 11) is 0.724. The number of nitrogens with zero attached hydrogens (tertiary/aromatic N) is 1. The van der Waals surface area contributed by atoms with Crippen molar-refractivity contribution in [3.63, 3.8) is 0 Å². The van der Waals surface area contributed by atoms with Crippen molar-refractivity contribution in [1.82, 2.24) is 9.88 Å². The van der Waals surface area contributed by atoms with E-state index in [0.29, 0.717) is 23.6 Å². The average Bonchev–Trinajstić information content (AvgIpc) is 2.70. The highest BCUT2D eigenvalue weighted by molar-refractivity contribution is 7.86. The third kappa shape index (κ3) is 4.30. The summed E-state index contributed by atoms with van der Waals surface area (Å²) in [5.74, 6) is 0.0820. The van der Waals surface area contributed by atoms with Crippen molar-refractivity contribution in [2.45, 2.75) is 32.4 Å². The molecular weight excluding hydrogens is 276 g/mol. The molecule has 0 aliphatic heterocycles. The van der Waals surface area contributed by atoms with Gasteiger partial charge in [0.25, 0.3) is 5.91 Å². The number of amides is 1. The van der Waals surface area contributed by atoms with Crippen LogP contribution in [0.25, 0.3) is 0 Å². The molecule has 1 aromatic rings. The SMILES string of the molecule is CC(=O)c1cc(C(=O)NCCS(=O)C(C)(C)C)n(C)c1. The largest absolute Gasteiger partial charge is 0.350 e. The predicted octanol–water partition coefficient (Wildman–Crippen LogP) is 1.50. The number of carbonyl (C=O) groups is 2. The van der Waals surface area contributed by atoms with E-state index in [-0.39, 0.29) is 16.4 Å². The standard InChI is InChI=1S/C14H22N2O3S/c1-10(17)11-8-12(16(5)9-11)13(18)15-6-7-20(19)14(2,3)4/h8-9H,6-7H2,1-5H3,(H,15,18). The lowest BCUT2D eigenvalue weighted by molar-refractivity contribution is 0.0947. The fraction of sp³-hybridized carbons (Fsp3) is 0.571. The van der Waals surface area contributed by atoms with Crippen LogP contribution in [0.2, 0.25) is 0 Å². The topological polar surface area (TPSA) is 68.2 Å². The van der Waals surface area contributed by atoms with Crippen LogP contribution < -0.4 is 5.32 Å². The maximum absolute atomic E-state index is 12.0. The Morgan fingerprint density at radius 2 is 1.95 bits per heavy atom. The van der Waals surface area contributed by atoms with Crippen molar-refractivity contribution in [1.29, 1.82) is 0 Å². The minimum absolute atomic E-state index is 0.0755. The molecule has 0 aliphatic rings. The average molecular weight is 298 g/mol. The highest BCUT2D eigenvalue weighted by Gasteiger charge is 2.19. The fourth-order valence-electron chi connectivity index (χ4n) is 1.64. The number of hydrogen-bond acceptors (Lipinski definition) is 3. The highest BCUT2D eigenvalue weighted by Crippen LogP contribution is 2.11. The van der Waals surface area contributed by atoms with Crippen LogP contribution in [0.15, 0.2) is 12.3 Å². The van der Waals surface area contributed by atoms with E-state index < -0.39 is 10.8 Å². The summed E-state index contributed by atoms with van der Waals surface area (Å²) in [6.07, 6.45) is 1.63. The Bertz CT molecular complexity index is 541. The number of nitrogens with one attached hydrogen (secondary N) is 1. The lowest BCUT2D eigenvalue weighted by Gasteiger charge is -2.17. The third-order valence-corrected chi connectivity index (χ3v) is 4.84. The fourth-order valence-corrected chi connectivity index (χ4v) is 2.54. The molecule has 0 aliphatic carbocycles. The number of ketones is 1. The molecule has 0 saturated heterocycles. The molecule has 1 aromatic heterocycles. The van der Waals surface area contributed by atoms with E-state index in [9.17, 15) is 13.8 Å². The minimum atomic E-state index is -0.993. The molecule has 0 bridgehead atoms. The van der Waals surface area contributed by atoms with Gasteiger partial charge in [0, 0.05) is 46.7 Å². The number of carbonyl (C=O) groups excluding carboxylic acids is 2. The minimum Gasteiger partial charge on any atom is -0.350 e. The van der Waals surface area contributed by atoms with E-state index in [0.717, 1.165) is 0 Å². The second-order valence-electron chi connectivity index (χ2n) is 5.70. The first-order chi connectivity index (χ1) is 9.12. The van der Waals surface area contributed by atoms with Crippen LogP contribution >= 0.6 is 0 Å². The summed E-state index contributed by atoms with van der Waals surface area (Å²) < 4.78 is 13.2. The molecule has 0 spiro atoms. The maximum Gasteiger partial charge on any atom is 0.267 e. The van der Waals surface area contributed by atoms with Gasteiger partial charge in [0.1, 0.15) is 5.69 Å². The molecule has 20 heavy (non-hydrogen) atoms. The van der Waals surface area contributed by atoms with Crippen molar-refractivity contribution >= 4 is 22.5 Å². The second-order valence-corrected chi connectivity index (χ2v) is 8.02. The van der Waals surface area contributed by atoms with Gasteiger partial charge in [-0.15, -0.1) is 0 Å². The first-order valence-electron chi connectivity index (χ1n) is 6.47. The predicted molar refractivity (Wildman–Crippen MR) is 80.5 cm³/mol. The van der Waals surface area contributed by atoms with E-state index in [1.165, 1.54) is 6.92 Å². The molecule has 0 radical (unpaired) electrons. The molecule has 1 N–H and O–H groups in total. The van der Waals surface area contributed by atoms with Gasteiger partial charge in [-0.05, 0) is 33.8 Å². The summed E-state index contributed by atoms with van der Waals surface area (Å²) in [4.78, 5) is 23.3. The van der Waals surface area contributed by atoms with E-state index in [1.54, 1.807) is 23.9 Å². The Labute approximate surface area is 122 Å². The molecule has 6 heteroatoms. The van der Waals surface area contributed by atoms with Crippen LogP contribution in [0.5, 0.6) is 0 Å². The zero-order chi connectivity index (χ0) is 15.5. The van der Waals surface area contributed by atoms with Gasteiger partial charge in [-0.1, -0.05) is 0 Å². The van der Waals surface area contributed by atoms with Crippen molar-refractivity contribution < 1.29 is 13.8 Å². The Morgan fingerprint density at radius 3 is 2.40 bits per heavy atom. The number of hydrogen-bond donors (Lipinski definition) is 1. The van der Waals surface area contributed by atoms with Gasteiger partial charge in [0.15, 0.2) is 5.78 Å². The number of aryl methyl sites for hydroxylation is 1. The monoisotopic (exact) mass is 298 g/mol. The molecule has 1 rings (SSSR count). The van der Waals surface area contributed by atoms with E-state index in [1.807, 2.05) is 20.8 Å². The summed E-state index contributed by atoms with van der Waals surface area (Å²) in [5.41, 5.74) is 0.938. The quantitative estimate of drug-likeness (QED) is 0.838. The Hall–Kier alpha value is -1.43. The van der Waals surface area contributed by atoms with Gasteiger partial charge in [-0.2, -0.15) is 0 Å². The first-order valence-corrected chi connectivity index (χ1v) is 7.79. The maximum atomic E-state index is 12.0. The summed E-state index contributed by atoms with van der Waals surface area (Å²) in [5, 5.41) is 2.73. The Morgan fingerprint density at radius 1 is 1.35 bits per heavy atom. The smallest absolute Gasteiger partial charge is 0.267 e. The van der Waals surface area contributed by atoms with Crippen molar-refractivity contribution in [2.75, 3.05) is 12.3 Å². The van der Waals surface area contributed by atoms with Gasteiger partial charge in [-0.25, -0.2) is 0 Å². The molecule has 1 amide bonds. The molecule has 0 fully saturated rings. The normalized spacial score (nSPS) is 13.1. The van der Waals surface area contributed by atoms with Crippen molar-refractivity contribution in [3.8, 4) is 0 Å². The van der Waals surface area contributed by atoms with Gasteiger partial charge in [0.05, 0.1) is 0 Å². The van der Waals surface area contributed by atoms with Crippen molar-refractivity contribution in [2.24, 2.45) is 7.05 Å². The second kappa shape index (κ2) is 6.35. The molecule has 1 unspecified atom stereocenters. The molecule has 0 saturated carbocycles. The molecule has 0 aromatic carbocycles. The van der Waals surface area contributed by atoms with Gasteiger partial charge >= 0.3 is 0 Å². The number of aromatic nitrogens is 1. The van der Waals surface area contributed by atoms with Crippen LogP contribution in [0.1, 0.15) is 48.5 Å².